The number of nitrogens with zero attached hydrogens (tertiary/aromatic N) is 1. The third-order valence-electron chi connectivity index (χ3n) is 6.43. The van der Waals surface area contributed by atoms with E-state index in [1.807, 2.05) is 68.4 Å². The van der Waals surface area contributed by atoms with Gasteiger partial charge >= 0.3 is 0 Å². The van der Waals surface area contributed by atoms with Gasteiger partial charge < -0.3 is 15.0 Å². The highest BCUT2D eigenvalue weighted by Gasteiger charge is 2.31. The van der Waals surface area contributed by atoms with Gasteiger partial charge in [0.2, 0.25) is 5.91 Å². The number of amides is 2. The van der Waals surface area contributed by atoms with E-state index in [0.717, 1.165) is 23.1 Å². The summed E-state index contributed by atoms with van der Waals surface area (Å²) in [6.45, 7) is 8.01. The summed E-state index contributed by atoms with van der Waals surface area (Å²) in [4.78, 5) is 28.8. The summed E-state index contributed by atoms with van der Waals surface area (Å²) in [5.74, 6) is -0.0185. The van der Waals surface area contributed by atoms with E-state index in [4.69, 9.17) is 4.74 Å². The molecule has 0 aliphatic heterocycles. The van der Waals surface area contributed by atoms with Crippen LogP contribution in [0, 0.1) is 5.82 Å². The first-order valence-electron chi connectivity index (χ1n) is 12.9. The number of hydrogen-bond donors (Lipinski definition) is 1. The Hall–Kier alpha value is -3.67. The average molecular weight is 505 g/mol. The highest BCUT2D eigenvalue weighted by Crippen LogP contribution is 2.26. The van der Waals surface area contributed by atoms with Crippen LogP contribution >= 0.6 is 0 Å². The quantitative estimate of drug-likeness (QED) is 0.335. The molecule has 0 saturated heterocycles. The van der Waals surface area contributed by atoms with E-state index in [2.05, 4.69) is 19.2 Å². The van der Waals surface area contributed by atoms with Crippen LogP contribution in [0.1, 0.15) is 56.7 Å². The molecule has 0 unspecified atom stereocenters. The van der Waals surface area contributed by atoms with E-state index in [1.165, 1.54) is 12.1 Å². The molecular weight excluding hydrogens is 467 g/mol. The van der Waals surface area contributed by atoms with Gasteiger partial charge in [-0.3, -0.25) is 9.59 Å². The molecule has 0 aliphatic rings. The molecule has 2 amide bonds. The summed E-state index contributed by atoms with van der Waals surface area (Å²) in [7, 11) is 0. The fourth-order valence-electron chi connectivity index (χ4n) is 4.09. The monoisotopic (exact) mass is 504 g/mol. The lowest BCUT2D eigenvalue weighted by molar-refractivity contribution is -0.143. The first kappa shape index (κ1) is 27.9. The maximum Gasteiger partial charge on any atom is 0.261 e. The maximum absolute atomic E-state index is 13.7. The molecule has 0 spiro atoms. The van der Waals surface area contributed by atoms with Gasteiger partial charge in [0.1, 0.15) is 17.6 Å². The molecule has 2 atom stereocenters. The minimum Gasteiger partial charge on any atom is -0.483 e. The Kier molecular flexibility index (Phi) is 10.2. The van der Waals surface area contributed by atoms with Crippen molar-refractivity contribution in [3.8, 4) is 5.75 Å². The summed E-state index contributed by atoms with van der Waals surface area (Å²) in [5.41, 5.74) is 2.68. The van der Waals surface area contributed by atoms with E-state index in [0.29, 0.717) is 12.2 Å². The number of nitrogens with one attached hydrogen (secondary N) is 1. The molecule has 3 aromatic carbocycles. The second kappa shape index (κ2) is 13.6. The number of para-hydroxylation sites is 1. The second-order valence-corrected chi connectivity index (χ2v) is 9.65. The van der Waals surface area contributed by atoms with Gasteiger partial charge in [-0.05, 0) is 54.2 Å². The van der Waals surface area contributed by atoms with E-state index in [-0.39, 0.29) is 42.7 Å². The molecule has 0 aromatic heterocycles. The van der Waals surface area contributed by atoms with Gasteiger partial charge in [0.25, 0.3) is 5.91 Å². The highest BCUT2D eigenvalue weighted by atomic mass is 19.1. The van der Waals surface area contributed by atoms with Crippen molar-refractivity contribution >= 4 is 11.8 Å². The predicted molar refractivity (Wildman–Crippen MR) is 145 cm³/mol. The molecule has 0 saturated carbocycles. The smallest absolute Gasteiger partial charge is 0.261 e. The van der Waals surface area contributed by atoms with Crippen molar-refractivity contribution in [2.75, 3.05) is 6.61 Å². The van der Waals surface area contributed by atoms with Crippen LogP contribution in [-0.4, -0.2) is 35.4 Å². The van der Waals surface area contributed by atoms with Crippen LogP contribution in [0.2, 0.25) is 0 Å². The van der Waals surface area contributed by atoms with Crippen LogP contribution in [0.5, 0.6) is 5.75 Å². The van der Waals surface area contributed by atoms with Crippen molar-refractivity contribution in [2.45, 2.75) is 65.1 Å². The normalized spacial score (nSPS) is 12.6. The molecule has 3 aromatic rings. The van der Waals surface area contributed by atoms with Crippen LogP contribution in [-0.2, 0) is 22.6 Å². The van der Waals surface area contributed by atoms with E-state index in [1.54, 1.807) is 17.0 Å². The van der Waals surface area contributed by atoms with Crippen molar-refractivity contribution in [1.29, 1.82) is 0 Å². The molecule has 0 heterocycles. The Bertz CT molecular complexity index is 1150. The highest BCUT2D eigenvalue weighted by molar-refractivity contribution is 5.88. The lowest BCUT2D eigenvalue weighted by atomic mass is 10.0. The summed E-state index contributed by atoms with van der Waals surface area (Å²) in [6.07, 6.45) is 1.11. The largest absolute Gasteiger partial charge is 0.483 e. The molecule has 196 valence electrons. The first-order valence-corrected chi connectivity index (χ1v) is 12.9. The summed E-state index contributed by atoms with van der Waals surface area (Å²) >= 11 is 0. The summed E-state index contributed by atoms with van der Waals surface area (Å²) < 4.78 is 19.6. The van der Waals surface area contributed by atoms with E-state index in [9.17, 15) is 14.0 Å². The summed E-state index contributed by atoms with van der Waals surface area (Å²) in [6, 6.07) is 22.5. The molecule has 3 rings (SSSR count). The first-order chi connectivity index (χ1) is 17.8. The van der Waals surface area contributed by atoms with Crippen molar-refractivity contribution in [2.24, 2.45) is 0 Å². The lowest BCUT2D eigenvalue weighted by Crippen LogP contribution is -2.53. The Balaban J connectivity index is 1.93. The lowest BCUT2D eigenvalue weighted by Gasteiger charge is -2.32. The van der Waals surface area contributed by atoms with Crippen molar-refractivity contribution < 1.29 is 18.7 Å². The average Bonchev–Trinajstić information content (AvgIpc) is 2.90. The van der Waals surface area contributed by atoms with Crippen molar-refractivity contribution in [3.63, 3.8) is 0 Å². The van der Waals surface area contributed by atoms with Gasteiger partial charge in [-0.25, -0.2) is 4.39 Å². The van der Waals surface area contributed by atoms with Gasteiger partial charge in [0.15, 0.2) is 6.61 Å². The van der Waals surface area contributed by atoms with Gasteiger partial charge in [0, 0.05) is 19.0 Å². The summed E-state index contributed by atoms with van der Waals surface area (Å²) in [5, 5.41) is 3.04. The number of halogens is 1. The second-order valence-electron chi connectivity index (χ2n) is 9.65. The van der Waals surface area contributed by atoms with Crippen LogP contribution < -0.4 is 10.1 Å². The Labute approximate surface area is 219 Å². The molecule has 0 fully saturated rings. The van der Waals surface area contributed by atoms with Crippen molar-refractivity contribution in [3.05, 3.63) is 101 Å². The Morgan fingerprint density at radius 1 is 0.892 bits per heavy atom. The predicted octanol–water partition coefficient (Wildman–Crippen LogP) is 5.88. The zero-order chi connectivity index (χ0) is 26.8. The maximum atomic E-state index is 13.7. The van der Waals surface area contributed by atoms with Gasteiger partial charge in [0.05, 0.1) is 0 Å². The molecule has 0 aliphatic carbocycles. The van der Waals surface area contributed by atoms with Gasteiger partial charge in [-0.15, -0.1) is 0 Å². The van der Waals surface area contributed by atoms with Crippen LogP contribution in [0.4, 0.5) is 4.39 Å². The third kappa shape index (κ3) is 8.17. The van der Waals surface area contributed by atoms with E-state index < -0.39 is 6.04 Å². The fraction of sp³-hybridized carbons (Fsp3) is 0.355. The number of carbonyl (C=O) groups excluding carboxylic acids is 2. The number of carbonyl (C=O) groups is 2. The zero-order valence-electron chi connectivity index (χ0n) is 22.1. The Morgan fingerprint density at radius 2 is 1.54 bits per heavy atom. The minimum atomic E-state index is -0.766. The molecule has 0 bridgehead atoms. The minimum absolute atomic E-state index is 0.0392. The van der Waals surface area contributed by atoms with Crippen LogP contribution in [0.25, 0.3) is 0 Å². The fourth-order valence-corrected chi connectivity index (χ4v) is 4.09. The number of ether oxygens (including phenoxy) is 1. The Morgan fingerprint density at radius 3 is 2.19 bits per heavy atom. The molecule has 5 nitrogen and oxygen atoms in total. The number of hydrogen-bond acceptors (Lipinski definition) is 3. The molecular formula is C31H37FN2O3. The molecule has 6 heteroatoms. The third-order valence-corrected chi connectivity index (χ3v) is 6.43. The molecule has 1 N–H and O–H groups in total. The van der Waals surface area contributed by atoms with Crippen LogP contribution in [0.3, 0.4) is 0 Å². The van der Waals surface area contributed by atoms with Gasteiger partial charge in [-0.1, -0.05) is 81.4 Å². The van der Waals surface area contributed by atoms with Gasteiger partial charge in [-0.2, -0.15) is 0 Å². The number of rotatable bonds is 12. The molecule has 0 radical (unpaired) electrons. The van der Waals surface area contributed by atoms with Crippen molar-refractivity contribution in [1.82, 2.24) is 10.2 Å². The standard InChI is InChI=1S/C31H37FN2O3/c1-5-23(4)33-31(36)28(19-24-11-7-6-8-12-24)34(20-25-15-17-26(32)18-16-25)30(35)21-37-29-14-10-9-13-27(29)22(2)3/h6-18,22-23,28H,5,19-21H2,1-4H3,(H,33,36)/t23-,28-/m1/s1. The topological polar surface area (TPSA) is 58.6 Å². The van der Waals surface area contributed by atoms with Crippen LogP contribution in [0.15, 0.2) is 78.9 Å². The molecule has 37 heavy (non-hydrogen) atoms. The van der Waals surface area contributed by atoms with E-state index >= 15 is 0 Å². The zero-order valence-corrected chi connectivity index (χ0v) is 22.1. The number of benzene rings is 3. The SMILES string of the molecule is CC[C@@H](C)NC(=O)[C@@H](Cc1ccccc1)N(Cc1ccc(F)cc1)C(=O)COc1ccccc1C(C)C.